The van der Waals surface area contributed by atoms with Crippen LogP contribution in [0, 0.1) is 5.82 Å². The number of piperazine rings is 1. The van der Waals surface area contributed by atoms with Crippen LogP contribution in [0.5, 0.6) is 5.75 Å². The van der Waals surface area contributed by atoms with Gasteiger partial charge in [0.1, 0.15) is 11.3 Å². The van der Waals surface area contributed by atoms with E-state index in [0.717, 1.165) is 12.8 Å². The molecule has 1 aromatic heterocycles. The molecule has 0 bridgehead atoms. The highest BCUT2D eigenvalue weighted by Crippen LogP contribution is 2.44. The third kappa shape index (κ3) is 6.32. The lowest BCUT2D eigenvalue weighted by Gasteiger charge is -2.45. The minimum Gasteiger partial charge on any atom is -0.492 e. The maximum Gasteiger partial charge on any atom is 0.257 e. The molecule has 1 saturated carbocycles. The summed E-state index contributed by atoms with van der Waals surface area (Å²) in [5.41, 5.74) is 0.724. The molecule has 3 aromatic rings. The van der Waals surface area contributed by atoms with Gasteiger partial charge in [-0.1, -0.05) is 29.3 Å². The van der Waals surface area contributed by atoms with E-state index in [4.69, 9.17) is 27.9 Å². The normalized spacial score (nSPS) is 19.0. The van der Waals surface area contributed by atoms with Crippen LogP contribution in [0.4, 0.5) is 10.1 Å². The van der Waals surface area contributed by atoms with E-state index in [1.54, 1.807) is 24.4 Å². The Hall–Kier alpha value is -3.34. The van der Waals surface area contributed by atoms with Crippen molar-refractivity contribution in [3.05, 3.63) is 67.7 Å². The zero-order valence-electron chi connectivity index (χ0n) is 24.7. The van der Waals surface area contributed by atoms with Crippen LogP contribution in [0.25, 0.3) is 10.9 Å². The van der Waals surface area contributed by atoms with Gasteiger partial charge in [0, 0.05) is 60.5 Å². The molecule has 230 valence electrons. The van der Waals surface area contributed by atoms with Crippen molar-refractivity contribution in [1.29, 1.82) is 0 Å². The number of fused-ring (bicyclic) bond motifs is 1. The molecule has 1 aliphatic heterocycles. The molecule has 12 heteroatoms. The topological polar surface area (TPSA) is 95.9 Å². The summed E-state index contributed by atoms with van der Waals surface area (Å²) in [6, 6.07) is 6.14. The number of halogens is 3. The number of pyridine rings is 1. The van der Waals surface area contributed by atoms with E-state index >= 15 is 4.39 Å². The molecular weight excluding hydrogens is 596 g/mol. The van der Waals surface area contributed by atoms with Crippen molar-refractivity contribution >= 4 is 51.6 Å². The molecule has 5 rings (SSSR count). The van der Waals surface area contributed by atoms with Crippen molar-refractivity contribution in [3.63, 3.8) is 0 Å². The van der Waals surface area contributed by atoms with Crippen molar-refractivity contribution in [3.8, 4) is 5.75 Å². The lowest BCUT2D eigenvalue weighted by molar-refractivity contribution is -0.123. The smallest absolute Gasteiger partial charge is 0.257 e. The predicted molar refractivity (Wildman–Crippen MR) is 167 cm³/mol. The lowest BCUT2D eigenvalue weighted by Crippen LogP contribution is -2.59. The van der Waals surface area contributed by atoms with Gasteiger partial charge in [-0.2, -0.15) is 0 Å². The largest absolute Gasteiger partial charge is 0.492 e. The highest BCUT2D eigenvalue weighted by molar-refractivity contribution is 6.35. The number of carbonyl (C=O) groups excluding carboxylic acids is 2. The maximum atomic E-state index is 16.0. The summed E-state index contributed by atoms with van der Waals surface area (Å²) in [7, 11) is 1.47. The van der Waals surface area contributed by atoms with Gasteiger partial charge in [0.05, 0.1) is 24.6 Å². The van der Waals surface area contributed by atoms with Gasteiger partial charge in [-0.25, -0.2) is 4.39 Å². The summed E-state index contributed by atoms with van der Waals surface area (Å²) >= 11 is 12.2. The molecular formula is C31H36Cl2FN5O4. The number of benzene rings is 2. The lowest BCUT2D eigenvalue weighted by atomic mass is 10.0. The molecule has 2 aromatic carbocycles. The predicted octanol–water partition coefficient (Wildman–Crippen LogP) is 4.76. The van der Waals surface area contributed by atoms with E-state index in [1.807, 2.05) is 30.2 Å². The second kappa shape index (κ2) is 12.7. The molecule has 2 heterocycles. The summed E-state index contributed by atoms with van der Waals surface area (Å²) < 4.78 is 23.8. The zero-order valence-corrected chi connectivity index (χ0v) is 26.2. The summed E-state index contributed by atoms with van der Waals surface area (Å²) in [6.45, 7) is 7.74. The molecule has 0 unspecified atom stereocenters. The average Bonchev–Trinajstić information content (AvgIpc) is 3.80. The van der Waals surface area contributed by atoms with Crippen LogP contribution >= 0.6 is 23.2 Å². The van der Waals surface area contributed by atoms with E-state index < -0.39 is 17.2 Å². The first-order valence-corrected chi connectivity index (χ1v) is 15.2. The van der Waals surface area contributed by atoms with Gasteiger partial charge in [-0.05, 0) is 57.4 Å². The van der Waals surface area contributed by atoms with Crippen molar-refractivity contribution in [2.75, 3.05) is 38.2 Å². The van der Waals surface area contributed by atoms with Crippen molar-refractivity contribution in [1.82, 2.24) is 20.1 Å². The number of carbonyl (C=O) groups is 2. The Morgan fingerprint density at radius 3 is 2.40 bits per heavy atom. The Morgan fingerprint density at radius 2 is 1.79 bits per heavy atom. The SMILES string of the molecule is CCNC(=O)CN1[C@H](C)CN(c2c(F)cc3c(=O)c(C(=O)NCc4ccc(Cl)cc4Cl)cn(C4CC4)c3c2OC)C[C@@H]1C. The van der Waals surface area contributed by atoms with E-state index in [2.05, 4.69) is 15.5 Å². The first-order valence-electron chi connectivity index (χ1n) is 14.5. The summed E-state index contributed by atoms with van der Waals surface area (Å²) in [5, 5.41) is 6.56. The quantitative estimate of drug-likeness (QED) is 0.354. The van der Waals surface area contributed by atoms with Crippen molar-refractivity contribution in [2.24, 2.45) is 0 Å². The standard InChI is InChI=1S/C31H36Cl2FN5O4/c1-5-35-26(40)16-38-17(2)13-37(14-18(38)3)28-25(34)11-22-27(30(28)43-4)39(21-8-9-21)15-23(29(22)41)31(42)36-12-19-6-7-20(32)10-24(19)33/h6-7,10-11,15,17-18,21H,5,8-9,12-14,16H2,1-4H3,(H,35,40)(H,36,42)/t17-,18+. The highest BCUT2D eigenvalue weighted by atomic mass is 35.5. The van der Waals surface area contributed by atoms with Gasteiger partial charge >= 0.3 is 0 Å². The van der Waals surface area contributed by atoms with Gasteiger partial charge in [0.15, 0.2) is 11.6 Å². The minimum absolute atomic E-state index is 0.0444. The highest BCUT2D eigenvalue weighted by Gasteiger charge is 2.36. The molecule has 2 fully saturated rings. The Balaban J connectivity index is 1.51. The maximum absolute atomic E-state index is 16.0. The summed E-state index contributed by atoms with van der Waals surface area (Å²) in [6.07, 6.45) is 3.28. The molecule has 1 saturated heterocycles. The molecule has 2 N–H and O–H groups in total. The van der Waals surface area contributed by atoms with E-state index in [-0.39, 0.29) is 59.5 Å². The summed E-state index contributed by atoms with van der Waals surface area (Å²) in [4.78, 5) is 43.3. The van der Waals surface area contributed by atoms with Crippen LogP contribution in [-0.4, -0.2) is 66.7 Å². The Bertz CT molecular complexity index is 1610. The molecule has 0 radical (unpaired) electrons. The third-order valence-electron chi connectivity index (χ3n) is 8.16. The number of hydrogen-bond donors (Lipinski definition) is 2. The first kappa shape index (κ1) is 31.1. The van der Waals surface area contributed by atoms with E-state index in [1.165, 1.54) is 13.2 Å². The fourth-order valence-electron chi connectivity index (χ4n) is 5.94. The van der Waals surface area contributed by atoms with Crippen LogP contribution in [0.1, 0.15) is 55.6 Å². The monoisotopic (exact) mass is 631 g/mol. The molecule has 2 atom stereocenters. The number of amides is 2. The molecule has 1 aliphatic carbocycles. The molecule has 2 amide bonds. The minimum atomic E-state index is -0.606. The second-order valence-corrected chi connectivity index (χ2v) is 12.1. The summed E-state index contributed by atoms with van der Waals surface area (Å²) in [5.74, 6) is -0.975. The van der Waals surface area contributed by atoms with E-state index in [0.29, 0.717) is 40.8 Å². The van der Waals surface area contributed by atoms with Gasteiger partial charge in [0.25, 0.3) is 5.91 Å². The number of nitrogens with one attached hydrogen (secondary N) is 2. The number of ether oxygens (including phenoxy) is 1. The second-order valence-electron chi connectivity index (χ2n) is 11.3. The number of rotatable bonds is 9. The van der Waals surface area contributed by atoms with Gasteiger partial charge in [-0.15, -0.1) is 0 Å². The van der Waals surface area contributed by atoms with Crippen molar-refractivity contribution < 1.29 is 18.7 Å². The zero-order chi connectivity index (χ0) is 31.0. The molecule has 9 nitrogen and oxygen atoms in total. The Morgan fingerprint density at radius 1 is 1.09 bits per heavy atom. The van der Waals surface area contributed by atoms with Crippen LogP contribution in [-0.2, 0) is 11.3 Å². The van der Waals surface area contributed by atoms with Crippen LogP contribution < -0.4 is 25.7 Å². The van der Waals surface area contributed by atoms with Gasteiger partial charge < -0.3 is 24.8 Å². The number of anilines is 1. The van der Waals surface area contributed by atoms with Gasteiger partial charge in [-0.3, -0.25) is 19.3 Å². The van der Waals surface area contributed by atoms with Gasteiger partial charge in [0.2, 0.25) is 11.3 Å². The van der Waals surface area contributed by atoms with E-state index in [9.17, 15) is 14.4 Å². The molecule has 2 aliphatic rings. The van der Waals surface area contributed by atoms with Crippen LogP contribution in [0.2, 0.25) is 10.0 Å². The number of hydrogen-bond acceptors (Lipinski definition) is 6. The number of likely N-dealkylation sites (N-methyl/N-ethyl adjacent to an activating group) is 1. The Kier molecular flexibility index (Phi) is 9.20. The number of methoxy groups -OCH3 is 1. The van der Waals surface area contributed by atoms with Crippen LogP contribution in [0.15, 0.2) is 35.3 Å². The fourth-order valence-corrected chi connectivity index (χ4v) is 6.41. The third-order valence-corrected chi connectivity index (χ3v) is 8.75. The fraction of sp³-hybridized carbons (Fsp3) is 0.452. The number of aromatic nitrogens is 1. The van der Waals surface area contributed by atoms with Crippen molar-refractivity contribution in [2.45, 2.75) is 58.3 Å². The first-order chi connectivity index (χ1) is 20.5. The number of nitrogens with zero attached hydrogens (tertiary/aromatic N) is 3. The Labute approximate surface area is 259 Å². The average molecular weight is 633 g/mol. The molecule has 0 spiro atoms. The molecule has 43 heavy (non-hydrogen) atoms. The van der Waals surface area contributed by atoms with Crippen LogP contribution in [0.3, 0.4) is 0 Å².